The molecule has 0 atom stereocenters. The molecule has 0 unspecified atom stereocenters. The van der Waals surface area contributed by atoms with Crippen LogP contribution in [-0.4, -0.2) is 5.78 Å². The first-order chi connectivity index (χ1) is 9.81. The van der Waals surface area contributed by atoms with Crippen LogP contribution in [0.4, 0.5) is 0 Å². The number of carbonyl (C=O) groups excluding carboxylic acids is 1. The zero-order valence-corrected chi connectivity index (χ0v) is 13.4. The molecule has 0 amide bonds. The highest BCUT2D eigenvalue weighted by Crippen LogP contribution is 2.09. The van der Waals surface area contributed by atoms with Gasteiger partial charge >= 0.3 is 0 Å². The van der Waals surface area contributed by atoms with E-state index in [0.29, 0.717) is 6.42 Å². The van der Waals surface area contributed by atoms with Crippen LogP contribution in [0, 0.1) is 11.8 Å². The van der Waals surface area contributed by atoms with Gasteiger partial charge in [-0.25, -0.2) is 0 Å². The number of hydrogen-bond donors (Lipinski definition) is 0. The summed E-state index contributed by atoms with van der Waals surface area (Å²) in [5.74, 6) is 5.92. The molecule has 1 nitrogen and oxygen atoms in total. The Hall–Kier alpha value is -1.03. The monoisotopic (exact) mass is 276 g/mol. The van der Waals surface area contributed by atoms with Crippen LogP contribution in [0.1, 0.15) is 90.4 Å². The maximum atomic E-state index is 11.5. The Morgan fingerprint density at radius 1 is 0.950 bits per heavy atom. The summed E-state index contributed by atoms with van der Waals surface area (Å²) in [4.78, 5) is 11.5. The first kappa shape index (κ1) is 19.0. The highest BCUT2D eigenvalue weighted by Gasteiger charge is 1.97. The molecule has 0 saturated carbocycles. The summed E-state index contributed by atoms with van der Waals surface area (Å²) in [6.07, 6.45) is 16.8. The lowest BCUT2D eigenvalue weighted by molar-refractivity contribution is -0.113. The van der Waals surface area contributed by atoms with Crippen LogP contribution >= 0.6 is 0 Å². The number of rotatable bonds is 13. The predicted molar refractivity (Wildman–Crippen MR) is 88.7 cm³/mol. The zero-order chi connectivity index (χ0) is 14.9. The third kappa shape index (κ3) is 15.0. The van der Waals surface area contributed by atoms with Crippen molar-refractivity contribution >= 4 is 5.78 Å². The van der Waals surface area contributed by atoms with Crippen molar-refractivity contribution in [3.8, 4) is 11.8 Å². The molecule has 0 aromatic heterocycles. The Bertz CT molecular complexity index is 293. The van der Waals surface area contributed by atoms with Crippen LogP contribution in [-0.2, 0) is 4.79 Å². The van der Waals surface area contributed by atoms with Crippen molar-refractivity contribution in [2.75, 3.05) is 0 Å². The summed E-state index contributed by atoms with van der Waals surface area (Å²) in [5.41, 5.74) is 0. The number of ketones is 1. The molecule has 0 fully saturated rings. The van der Waals surface area contributed by atoms with Gasteiger partial charge in [0.1, 0.15) is 0 Å². The van der Waals surface area contributed by atoms with Crippen molar-refractivity contribution in [1.82, 2.24) is 0 Å². The molecular formula is C19H32O. The second-order valence-electron chi connectivity index (χ2n) is 5.48. The minimum absolute atomic E-state index is 0.132. The molecule has 0 heterocycles. The average molecular weight is 276 g/mol. The Labute approximate surface area is 126 Å². The van der Waals surface area contributed by atoms with Gasteiger partial charge in [0.2, 0.25) is 5.78 Å². The first-order valence-electron chi connectivity index (χ1n) is 8.43. The molecule has 0 aliphatic carbocycles. The SMILES string of the molecule is C=CCCCCCCCCC(=O)C#CCCCCCC. The Morgan fingerprint density at radius 3 is 2.30 bits per heavy atom. The average Bonchev–Trinajstić information content (AvgIpc) is 2.45. The van der Waals surface area contributed by atoms with Crippen molar-refractivity contribution < 1.29 is 4.79 Å². The van der Waals surface area contributed by atoms with E-state index in [0.717, 1.165) is 32.1 Å². The Balaban J connectivity index is 3.31. The van der Waals surface area contributed by atoms with E-state index in [-0.39, 0.29) is 5.78 Å². The largest absolute Gasteiger partial charge is 0.285 e. The maximum absolute atomic E-state index is 11.5. The molecule has 0 aliphatic heterocycles. The van der Waals surface area contributed by atoms with Gasteiger partial charge in [0, 0.05) is 12.8 Å². The molecule has 0 bridgehead atoms. The highest BCUT2D eigenvalue weighted by molar-refractivity contribution is 5.95. The molecule has 0 radical (unpaired) electrons. The van der Waals surface area contributed by atoms with Crippen LogP contribution in [0.3, 0.4) is 0 Å². The molecule has 0 aromatic carbocycles. The Kier molecular flexibility index (Phi) is 15.2. The Morgan fingerprint density at radius 2 is 1.60 bits per heavy atom. The molecule has 0 saturated heterocycles. The molecule has 0 N–H and O–H groups in total. The van der Waals surface area contributed by atoms with E-state index in [2.05, 4.69) is 25.3 Å². The smallest absolute Gasteiger partial charge is 0.205 e. The molecule has 0 rings (SSSR count). The second kappa shape index (κ2) is 16.0. The third-order valence-corrected chi connectivity index (χ3v) is 3.45. The van der Waals surface area contributed by atoms with Gasteiger partial charge in [-0.15, -0.1) is 6.58 Å². The lowest BCUT2D eigenvalue weighted by Crippen LogP contribution is -1.93. The standard InChI is InChI=1S/C19H32O/c1-3-5-7-9-11-12-14-16-18-19(20)17-15-13-10-8-6-4-2/h3H,1,4-14,16,18H2,2H3. The number of carbonyl (C=O) groups is 1. The van der Waals surface area contributed by atoms with Gasteiger partial charge < -0.3 is 0 Å². The minimum atomic E-state index is 0.132. The summed E-state index contributed by atoms with van der Waals surface area (Å²) < 4.78 is 0. The second-order valence-corrected chi connectivity index (χ2v) is 5.48. The first-order valence-corrected chi connectivity index (χ1v) is 8.43. The predicted octanol–water partition coefficient (Wildman–Crippen LogP) is 5.84. The van der Waals surface area contributed by atoms with Crippen molar-refractivity contribution in [2.45, 2.75) is 90.4 Å². The van der Waals surface area contributed by atoms with Crippen molar-refractivity contribution in [3.63, 3.8) is 0 Å². The summed E-state index contributed by atoms with van der Waals surface area (Å²) >= 11 is 0. The topological polar surface area (TPSA) is 17.1 Å². The van der Waals surface area contributed by atoms with E-state index in [9.17, 15) is 4.79 Å². The normalized spacial score (nSPS) is 9.85. The van der Waals surface area contributed by atoms with Crippen LogP contribution in [0.5, 0.6) is 0 Å². The summed E-state index contributed by atoms with van der Waals surface area (Å²) in [6.45, 7) is 5.93. The van der Waals surface area contributed by atoms with Gasteiger partial charge in [0.25, 0.3) is 0 Å². The molecule has 0 aromatic rings. The van der Waals surface area contributed by atoms with E-state index in [4.69, 9.17) is 0 Å². The number of hydrogen-bond acceptors (Lipinski definition) is 1. The fourth-order valence-electron chi connectivity index (χ4n) is 2.15. The van der Waals surface area contributed by atoms with Gasteiger partial charge in [-0.1, -0.05) is 63.9 Å². The minimum Gasteiger partial charge on any atom is -0.285 e. The van der Waals surface area contributed by atoms with Gasteiger partial charge in [0.05, 0.1) is 0 Å². The van der Waals surface area contributed by atoms with E-state index in [1.807, 2.05) is 6.08 Å². The summed E-state index contributed by atoms with van der Waals surface area (Å²) in [6, 6.07) is 0. The lowest BCUT2D eigenvalue weighted by Gasteiger charge is -1.99. The molecule has 114 valence electrons. The molecule has 0 spiro atoms. The number of allylic oxidation sites excluding steroid dienone is 1. The van der Waals surface area contributed by atoms with Crippen LogP contribution < -0.4 is 0 Å². The highest BCUT2D eigenvalue weighted by atomic mass is 16.1. The zero-order valence-electron chi connectivity index (χ0n) is 13.4. The number of unbranched alkanes of at least 4 members (excludes halogenated alkanes) is 10. The van der Waals surface area contributed by atoms with Crippen molar-refractivity contribution in [3.05, 3.63) is 12.7 Å². The van der Waals surface area contributed by atoms with E-state index in [1.165, 1.54) is 44.9 Å². The van der Waals surface area contributed by atoms with Crippen LogP contribution in [0.15, 0.2) is 12.7 Å². The molecule has 0 aliphatic rings. The van der Waals surface area contributed by atoms with Crippen molar-refractivity contribution in [2.24, 2.45) is 0 Å². The van der Waals surface area contributed by atoms with Crippen LogP contribution in [0.2, 0.25) is 0 Å². The molecule has 1 heteroatoms. The molecular weight excluding hydrogens is 244 g/mol. The van der Waals surface area contributed by atoms with E-state index in [1.54, 1.807) is 0 Å². The van der Waals surface area contributed by atoms with Gasteiger partial charge in [-0.05, 0) is 31.6 Å². The molecule has 20 heavy (non-hydrogen) atoms. The summed E-state index contributed by atoms with van der Waals surface area (Å²) in [7, 11) is 0. The fraction of sp³-hybridized carbons (Fsp3) is 0.737. The van der Waals surface area contributed by atoms with Crippen molar-refractivity contribution in [1.29, 1.82) is 0 Å². The van der Waals surface area contributed by atoms with E-state index < -0.39 is 0 Å². The lowest BCUT2D eigenvalue weighted by atomic mass is 10.1. The summed E-state index contributed by atoms with van der Waals surface area (Å²) in [5, 5.41) is 0. The van der Waals surface area contributed by atoms with Gasteiger partial charge in [0.15, 0.2) is 0 Å². The van der Waals surface area contributed by atoms with Gasteiger partial charge in [-0.3, -0.25) is 4.79 Å². The maximum Gasteiger partial charge on any atom is 0.205 e. The fourth-order valence-corrected chi connectivity index (χ4v) is 2.15. The quantitative estimate of drug-likeness (QED) is 0.179. The third-order valence-electron chi connectivity index (χ3n) is 3.45. The van der Waals surface area contributed by atoms with Crippen LogP contribution in [0.25, 0.3) is 0 Å². The van der Waals surface area contributed by atoms with E-state index >= 15 is 0 Å². The van der Waals surface area contributed by atoms with Gasteiger partial charge in [-0.2, -0.15) is 0 Å². The number of Topliss-reactive ketones (excluding diaryl/α,β-unsaturated/α-hetero) is 1.